The summed E-state index contributed by atoms with van der Waals surface area (Å²) >= 11 is 0. The predicted octanol–water partition coefficient (Wildman–Crippen LogP) is 1.16. The number of ether oxygens (including phenoxy) is 2. The molecular weight excluding hydrogens is 346 g/mol. The molecule has 1 saturated heterocycles. The van der Waals surface area contributed by atoms with E-state index in [1.807, 2.05) is 0 Å². The third-order valence-corrected chi connectivity index (χ3v) is 6.11. The second-order valence-corrected chi connectivity index (χ2v) is 8.19. The maximum Gasteiger partial charge on any atom is 0.281 e. The molecule has 140 valence electrons. The van der Waals surface area contributed by atoms with Crippen molar-refractivity contribution in [3.05, 3.63) is 18.2 Å². The molecule has 0 saturated carbocycles. The summed E-state index contributed by atoms with van der Waals surface area (Å²) in [7, 11) is 2.51. The molecule has 9 heteroatoms. The first-order valence-electron chi connectivity index (χ1n) is 8.00. The average molecular weight is 371 g/mol. The Morgan fingerprint density at radius 2 is 2.00 bits per heavy atom. The molecule has 1 heterocycles. The molecule has 1 atom stereocenters. The molecule has 2 rings (SSSR count). The molecule has 0 radical (unpaired) electrons. The molecular formula is C16H25N3O5S. The zero-order valence-electron chi connectivity index (χ0n) is 15.0. The topological polar surface area (TPSA) is 88.2 Å². The van der Waals surface area contributed by atoms with E-state index in [0.29, 0.717) is 36.6 Å². The van der Waals surface area contributed by atoms with Crippen LogP contribution in [0.3, 0.4) is 0 Å². The van der Waals surface area contributed by atoms with Crippen molar-refractivity contribution in [2.24, 2.45) is 5.92 Å². The molecule has 0 spiro atoms. The maximum absolute atomic E-state index is 12.6. The van der Waals surface area contributed by atoms with Gasteiger partial charge < -0.3 is 14.8 Å². The van der Waals surface area contributed by atoms with Crippen LogP contribution in [-0.2, 0) is 15.0 Å². The molecule has 1 aromatic rings. The smallest absolute Gasteiger partial charge is 0.281 e. The van der Waals surface area contributed by atoms with E-state index in [-0.39, 0.29) is 12.5 Å². The standard InChI is InChI=1S/C16H25N3O5S/c1-18(2)25(21,22)19-9-5-6-12(11-19)16(20)17-14-10-13(23-3)7-8-15(14)24-4/h7-8,10,12H,5-6,9,11H2,1-4H3,(H,17,20)/t12-/m0/s1. The zero-order chi connectivity index (χ0) is 18.6. The Labute approximate surface area is 148 Å². The van der Waals surface area contributed by atoms with Crippen LogP contribution in [0.15, 0.2) is 18.2 Å². The van der Waals surface area contributed by atoms with Crippen molar-refractivity contribution in [1.82, 2.24) is 8.61 Å². The number of amides is 1. The second kappa shape index (κ2) is 8.03. The highest BCUT2D eigenvalue weighted by atomic mass is 32.2. The van der Waals surface area contributed by atoms with Gasteiger partial charge in [0.25, 0.3) is 10.2 Å². The van der Waals surface area contributed by atoms with Gasteiger partial charge in [-0.1, -0.05) is 0 Å². The molecule has 0 unspecified atom stereocenters. The molecule has 1 aliphatic rings. The summed E-state index contributed by atoms with van der Waals surface area (Å²) in [5.74, 6) is 0.462. The summed E-state index contributed by atoms with van der Waals surface area (Å²) in [6.45, 7) is 0.589. The van der Waals surface area contributed by atoms with Crippen LogP contribution in [0.1, 0.15) is 12.8 Å². The molecule has 1 fully saturated rings. The lowest BCUT2D eigenvalue weighted by atomic mass is 9.98. The molecule has 1 N–H and O–H groups in total. The van der Waals surface area contributed by atoms with E-state index in [1.165, 1.54) is 29.8 Å². The highest BCUT2D eigenvalue weighted by Crippen LogP contribution is 2.30. The van der Waals surface area contributed by atoms with Crippen LogP contribution in [0, 0.1) is 5.92 Å². The third-order valence-electron chi connectivity index (χ3n) is 4.21. The van der Waals surface area contributed by atoms with Gasteiger partial charge in [0.05, 0.1) is 25.8 Å². The number of hydrogen-bond donors (Lipinski definition) is 1. The van der Waals surface area contributed by atoms with Crippen molar-refractivity contribution in [2.45, 2.75) is 12.8 Å². The van der Waals surface area contributed by atoms with Gasteiger partial charge in [0, 0.05) is 33.3 Å². The molecule has 25 heavy (non-hydrogen) atoms. The number of rotatable bonds is 6. The van der Waals surface area contributed by atoms with Crippen LogP contribution >= 0.6 is 0 Å². The predicted molar refractivity (Wildman–Crippen MR) is 95.1 cm³/mol. The molecule has 0 aromatic heterocycles. The van der Waals surface area contributed by atoms with Gasteiger partial charge in [-0.15, -0.1) is 0 Å². The van der Waals surface area contributed by atoms with Gasteiger partial charge in [-0.25, -0.2) is 0 Å². The Kier molecular flexibility index (Phi) is 6.26. The van der Waals surface area contributed by atoms with Gasteiger partial charge in [0.1, 0.15) is 11.5 Å². The lowest BCUT2D eigenvalue weighted by Gasteiger charge is -2.32. The van der Waals surface area contributed by atoms with Crippen molar-refractivity contribution in [1.29, 1.82) is 0 Å². The molecule has 1 aromatic carbocycles. The third kappa shape index (κ3) is 4.42. The Morgan fingerprint density at radius 3 is 2.60 bits per heavy atom. The molecule has 0 bridgehead atoms. The first-order chi connectivity index (χ1) is 11.8. The summed E-state index contributed by atoms with van der Waals surface area (Å²) < 4.78 is 37.5. The van der Waals surface area contributed by atoms with E-state index in [0.717, 1.165) is 0 Å². The molecule has 1 amide bonds. The van der Waals surface area contributed by atoms with Crippen molar-refractivity contribution >= 4 is 21.8 Å². The zero-order valence-corrected chi connectivity index (χ0v) is 15.8. The largest absolute Gasteiger partial charge is 0.497 e. The summed E-state index contributed by atoms with van der Waals surface area (Å²) in [5.41, 5.74) is 0.499. The number of methoxy groups -OCH3 is 2. The highest BCUT2D eigenvalue weighted by Gasteiger charge is 2.33. The van der Waals surface area contributed by atoms with Crippen LogP contribution in [0.2, 0.25) is 0 Å². The Hall–Kier alpha value is -1.84. The van der Waals surface area contributed by atoms with E-state index in [2.05, 4.69) is 5.32 Å². The van der Waals surface area contributed by atoms with Gasteiger partial charge in [0.15, 0.2) is 0 Å². The average Bonchev–Trinajstić information content (AvgIpc) is 2.61. The van der Waals surface area contributed by atoms with Crippen LogP contribution < -0.4 is 14.8 Å². The van der Waals surface area contributed by atoms with Crippen LogP contribution in [-0.4, -0.2) is 64.3 Å². The van der Waals surface area contributed by atoms with Crippen molar-refractivity contribution < 1.29 is 22.7 Å². The number of hydrogen-bond acceptors (Lipinski definition) is 5. The summed E-state index contributed by atoms with van der Waals surface area (Å²) in [6.07, 6.45) is 1.28. The van der Waals surface area contributed by atoms with E-state index in [1.54, 1.807) is 25.3 Å². The first-order valence-corrected chi connectivity index (χ1v) is 9.39. The van der Waals surface area contributed by atoms with Gasteiger partial charge in [-0.3, -0.25) is 4.79 Å². The Bertz CT molecular complexity index is 720. The molecule has 1 aliphatic heterocycles. The SMILES string of the molecule is COc1ccc(OC)c(NC(=O)[C@H]2CCCN(S(=O)(=O)N(C)C)C2)c1. The molecule has 0 aliphatic carbocycles. The molecule has 8 nitrogen and oxygen atoms in total. The number of anilines is 1. The number of nitrogens with one attached hydrogen (secondary N) is 1. The van der Waals surface area contributed by atoms with Crippen molar-refractivity contribution in [3.8, 4) is 11.5 Å². The normalized spacial score (nSPS) is 18.8. The quantitative estimate of drug-likeness (QED) is 0.811. The number of carbonyl (C=O) groups excluding carboxylic acids is 1. The van der Waals surface area contributed by atoms with Crippen molar-refractivity contribution in [3.63, 3.8) is 0 Å². The highest BCUT2D eigenvalue weighted by molar-refractivity contribution is 7.86. The number of carbonyl (C=O) groups is 1. The van der Waals surface area contributed by atoms with E-state index in [9.17, 15) is 13.2 Å². The minimum Gasteiger partial charge on any atom is -0.497 e. The van der Waals surface area contributed by atoms with Crippen LogP contribution in [0.4, 0.5) is 5.69 Å². The summed E-state index contributed by atoms with van der Waals surface area (Å²) in [4.78, 5) is 12.6. The first kappa shape index (κ1) is 19.5. The second-order valence-electron chi connectivity index (χ2n) is 6.04. The van der Waals surface area contributed by atoms with Gasteiger partial charge >= 0.3 is 0 Å². The Balaban J connectivity index is 2.13. The van der Waals surface area contributed by atoms with Crippen LogP contribution in [0.25, 0.3) is 0 Å². The van der Waals surface area contributed by atoms with E-state index < -0.39 is 16.1 Å². The fourth-order valence-electron chi connectivity index (χ4n) is 2.74. The van der Waals surface area contributed by atoms with Gasteiger partial charge in [0.2, 0.25) is 5.91 Å². The van der Waals surface area contributed by atoms with E-state index in [4.69, 9.17) is 9.47 Å². The van der Waals surface area contributed by atoms with Crippen molar-refractivity contribution in [2.75, 3.05) is 46.7 Å². The Morgan fingerprint density at radius 1 is 1.28 bits per heavy atom. The number of piperidine rings is 1. The lowest BCUT2D eigenvalue weighted by Crippen LogP contribution is -2.47. The number of benzene rings is 1. The van der Waals surface area contributed by atoms with Gasteiger partial charge in [-0.2, -0.15) is 17.0 Å². The van der Waals surface area contributed by atoms with Gasteiger partial charge in [-0.05, 0) is 25.0 Å². The minimum absolute atomic E-state index is 0.165. The van der Waals surface area contributed by atoms with Crippen LogP contribution in [0.5, 0.6) is 11.5 Å². The summed E-state index contributed by atoms with van der Waals surface area (Å²) in [5, 5.41) is 2.83. The maximum atomic E-state index is 12.6. The fraction of sp³-hybridized carbons (Fsp3) is 0.562. The fourth-order valence-corrected chi connectivity index (χ4v) is 3.93. The monoisotopic (exact) mass is 371 g/mol. The lowest BCUT2D eigenvalue weighted by molar-refractivity contribution is -0.120. The number of nitrogens with zero attached hydrogens (tertiary/aromatic N) is 2. The minimum atomic E-state index is -3.52. The van der Waals surface area contributed by atoms with E-state index >= 15 is 0 Å². The summed E-state index contributed by atoms with van der Waals surface area (Å²) in [6, 6.07) is 5.12.